The molecule has 0 aromatic rings. The maximum atomic E-state index is 12.8. The zero-order valence-electron chi connectivity index (χ0n) is 46.5. The Kier molecular flexibility index (Phi) is 49.9. The van der Waals surface area contributed by atoms with Gasteiger partial charge in [-0.25, -0.2) is 4.79 Å². The third-order valence-electron chi connectivity index (χ3n) is 11.1. The van der Waals surface area contributed by atoms with Crippen LogP contribution >= 0.6 is 0 Å². The summed E-state index contributed by atoms with van der Waals surface area (Å²) in [6.45, 7) is 4.54. The fourth-order valence-corrected chi connectivity index (χ4v) is 6.85. The summed E-state index contributed by atoms with van der Waals surface area (Å²) < 4.78 is 22.8. The van der Waals surface area contributed by atoms with Crippen LogP contribution in [0.3, 0.4) is 0 Å². The van der Waals surface area contributed by atoms with Crippen LogP contribution in [0.5, 0.6) is 0 Å². The first kappa shape index (κ1) is 68.2. The van der Waals surface area contributed by atoms with Gasteiger partial charge in [-0.15, -0.1) is 0 Å². The number of nitrogens with zero attached hydrogens (tertiary/aromatic N) is 1. The summed E-state index contributed by atoms with van der Waals surface area (Å²) in [6.07, 6.45) is 75.0. The number of unbranched alkanes of at least 4 members (excludes halogenated alkanes) is 10. The van der Waals surface area contributed by atoms with Crippen molar-refractivity contribution in [2.45, 2.75) is 193 Å². The molecule has 2 atom stereocenters. The Labute approximate surface area is 445 Å². The van der Waals surface area contributed by atoms with E-state index in [9.17, 15) is 19.5 Å². The Morgan fingerprint density at radius 3 is 1.14 bits per heavy atom. The molecule has 0 saturated carbocycles. The second-order valence-electron chi connectivity index (χ2n) is 19.1. The van der Waals surface area contributed by atoms with Crippen LogP contribution in [0.15, 0.2) is 146 Å². The van der Waals surface area contributed by atoms with E-state index in [4.69, 9.17) is 18.9 Å². The molecule has 0 heterocycles. The third-order valence-corrected chi connectivity index (χ3v) is 11.1. The number of hydrogen-bond acceptors (Lipinski definition) is 7. The number of hydrogen-bond donors (Lipinski definition) is 1. The zero-order chi connectivity index (χ0) is 53.4. The van der Waals surface area contributed by atoms with Crippen molar-refractivity contribution in [1.29, 1.82) is 0 Å². The van der Waals surface area contributed by atoms with E-state index in [1.165, 1.54) is 32.1 Å². The first-order valence-electron chi connectivity index (χ1n) is 28.0. The highest BCUT2D eigenvalue weighted by molar-refractivity contribution is 5.71. The Balaban J connectivity index is 4.43. The van der Waals surface area contributed by atoms with Crippen LogP contribution in [0.1, 0.15) is 181 Å². The Hall–Kier alpha value is -4.83. The first-order chi connectivity index (χ1) is 35.6. The number of esters is 2. The largest absolute Gasteiger partial charge is 0.477 e. The van der Waals surface area contributed by atoms with Gasteiger partial charge in [0.15, 0.2) is 6.10 Å². The van der Waals surface area contributed by atoms with Gasteiger partial charge in [-0.2, -0.15) is 0 Å². The maximum absolute atomic E-state index is 12.8. The molecule has 73 heavy (non-hydrogen) atoms. The quantitative estimate of drug-likeness (QED) is 0.0211. The van der Waals surface area contributed by atoms with Crippen LogP contribution < -0.4 is 0 Å². The molecule has 0 aliphatic rings. The van der Waals surface area contributed by atoms with E-state index in [2.05, 4.69) is 160 Å². The van der Waals surface area contributed by atoms with Crippen molar-refractivity contribution < 1.29 is 42.9 Å². The maximum Gasteiger partial charge on any atom is 0.361 e. The molecule has 0 fully saturated rings. The molecule has 9 nitrogen and oxygen atoms in total. The van der Waals surface area contributed by atoms with Crippen molar-refractivity contribution in [2.75, 3.05) is 47.5 Å². The number of aliphatic carboxylic acids is 1. The molecule has 0 aliphatic carbocycles. The lowest BCUT2D eigenvalue weighted by Crippen LogP contribution is -2.40. The van der Waals surface area contributed by atoms with Crippen LogP contribution in [0.4, 0.5) is 0 Å². The molecule has 410 valence electrons. The molecule has 9 heteroatoms. The number of allylic oxidation sites excluding steroid dienone is 24. The van der Waals surface area contributed by atoms with Gasteiger partial charge in [0.2, 0.25) is 0 Å². The number of carbonyl (C=O) groups is 3. The number of rotatable bonds is 49. The van der Waals surface area contributed by atoms with Gasteiger partial charge in [0.05, 0.1) is 34.4 Å². The third kappa shape index (κ3) is 54.8. The highest BCUT2D eigenvalue weighted by Crippen LogP contribution is 2.13. The minimum atomic E-state index is -1.54. The lowest BCUT2D eigenvalue weighted by atomic mass is 10.1. The molecule has 1 N–H and O–H groups in total. The van der Waals surface area contributed by atoms with Gasteiger partial charge in [0.25, 0.3) is 6.29 Å². The van der Waals surface area contributed by atoms with Crippen LogP contribution in [0.2, 0.25) is 0 Å². The van der Waals surface area contributed by atoms with Crippen molar-refractivity contribution in [3.63, 3.8) is 0 Å². The van der Waals surface area contributed by atoms with Gasteiger partial charge in [-0.3, -0.25) is 9.59 Å². The lowest BCUT2D eigenvalue weighted by Gasteiger charge is -2.25. The van der Waals surface area contributed by atoms with Crippen LogP contribution in [-0.4, -0.2) is 87.4 Å². The average molecular weight is 1010 g/mol. The SMILES string of the molecule is CC/C=C\C/C=C\C/C=C\C/C=C\C/C=C\C/C=C\C/C=C\CCCC(=O)OC(COC(=O)CCCCCCCCCCC/C=C\C/C=C\C/C=C\C/C=C\C/C=C\CC)COC(OCC[N+](C)(C)C)C(=O)O. The fraction of sp³-hybridized carbons (Fsp3) is 0.578. The predicted octanol–water partition coefficient (Wildman–Crippen LogP) is 16.4. The normalized spacial score (nSPS) is 13.9. The van der Waals surface area contributed by atoms with Crippen molar-refractivity contribution in [3.05, 3.63) is 146 Å². The summed E-state index contributed by atoms with van der Waals surface area (Å²) in [4.78, 5) is 37.4. The smallest absolute Gasteiger partial charge is 0.361 e. The molecule has 2 unspecified atom stereocenters. The Morgan fingerprint density at radius 1 is 0.411 bits per heavy atom. The van der Waals surface area contributed by atoms with E-state index in [-0.39, 0.29) is 38.6 Å². The van der Waals surface area contributed by atoms with E-state index < -0.39 is 24.3 Å². The summed E-state index contributed by atoms with van der Waals surface area (Å²) in [5.74, 6) is -2.12. The van der Waals surface area contributed by atoms with Crippen LogP contribution in [0.25, 0.3) is 0 Å². The molecular formula is C64H102NO8+. The zero-order valence-corrected chi connectivity index (χ0v) is 46.5. The number of carboxylic acid groups (broad SMARTS) is 1. The van der Waals surface area contributed by atoms with Crippen molar-refractivity contribution in [2.24, 2.45) is 0 Å². The van der Waals surface area contributed by atoms with E-state index in [0.29, 0.717) is 23.9 Å². The van der Waals surface area contributed by atoms with Crippen molar-refractivity contribution in [3.8, 4) is 0 Å². The van der Waals surface area contributed by atoms with Gasteiger partial charge in [0, 0.05) is 12.8 Å². The lowest BCUT2D eigenvalue weighted by molar-refractivity contribution is -0.870. The predicted molar refractivity (Wildman–Crippen MR) is 308 cm³/mol. The van der Waals surface area contributed by atoms with E-state index in [1.54, 1.807) is 0 Å². The average Bonchev–Trinajstić information content (AvgIpc) is 3.36. The molecule has 0 aliphatic heterocycles. The minimum absolute atomic E-state index is 0.167. The highest BCUT2D eigenvalue weighted by Gasteiger charge is 2.25. The number of carbonyl (C=O) groups excluding carboxylic acids is 2. The summed E-state index contributed by atoms with van der Waals surface area (Å²) >= 11 is 0. The number of likely N-dealkylation sites (N-methyl/N-ethyl adjacent to an activating group) is 1. The van der Waals surface area contributed by atoms with Gasteiger partial charge in [0.1, 0.15) is 13.2 Å². The molecule has 0 radical (unpaired) electrons. The molecule has 0 bridgehead atoms. The number of quaternary nitrogens is 1. The first-order valence-corrected chi connectivity index (χ1v) is 28.0. The van der Waals surface area contributed by atoms with Gasteiger partial charge >= 0.3 is 17.9 Å². The number of ether oxygens (including phenoxy) is 4. The second kappa shape index (κ2) is 53.5. The van der Waals surface area contributed by atoms with Gasteiger partial charge < -0.3 is 28.5 Å². The van der Waals surface area contributed by atoms with Crippen molar-refractivity contribution in [1.82, 2.24) is 0 Å². The molecular weight excluding hydrogens is 911 g/mol. The highest BCUT2D eigenvalue weighted by atomic mass is 16.7. The Morgan fingerprint density at radius 2 is 0.753 bits per heavy atom. The molecule has 0 amide bonds. The van der Waals surface area contributed by atoms with Crippen LogP contribution in [0, 0.1) is 0 Å². The summed E-state index contributed by atoms with van der Waals surface area (Å²) in [5.41, 5.74) is 0. The standard InChI is InChI=1S/C64H101NO8/c1-6-8-10-12-14-16-18-20-22-24-26-28-30-31-33-34-36-38-40-42-44-46-48-50-52-54-61(66)71-58-60(59-72-64(63(68)69)70-57-56-65(3,4)5)73-62(67)55-53-51-49-47-45-43-41-39-37-35-32-29-27-25-23-21-19-17-15-13-11-9-7-2/h8-11,14-17,20-23,26-29,31,33,35,37,41,43,47,49,60,64H,6-7,12-13,18-19,24-25,30,32,34,36,38-40,42,44-46,48,50-59H2,1-5H3/p+1/b10-8-,11-9-,16-14-,17-15-,22-20-,23-21-,28-26-,29-27-,33-31-,37-35-,43-41-,49-47-. The summed E-state index contributed by atoms with van der Waals surface area (Å²) in [5, 5.41) is 9.69. The van der Waals surface area contributed by atoms with Gasteiger partial charge in [-0.1, -0.05) is 205 Å². The number of carboxylic acids is 1. The van der Waals surface area contributed by atoms with E-state index in [1.807, 2.05) is 21.1 Å². The van der Waals surface area contributed by atoms with E-state index >= 15 is 0 Å². The van der Waals surface area contributed by atoms with E-state index in [0.717, 1.165) is 109 Å². The van der Waals surface area contributed by atoms with Crippen molar-refractivity contribution >= 4 is 17.9 Å². The fourth-order valence-electron chi connectivity index (χ4n) is 6.85. The second-order valence-corrected chi connectivity index (χ2v) is 19.1. The minimum Gasteiger partial charge on any atom is -0.477 e. The molecule has 0 aromatic carbocycles. The topological polar surface area (TPSA) is 108 Å². The summed E-state index contributed by atoms with van der Waals surface area (Å²) in [6, 6.07) is 0. The van der Waals surface area contributed by atoms with Gasteiger partial charge in [-0.05, 0) is 109 Å². The molecule has 0 spiro atoms. The molecule has 0 rings (SSSR count). The monoisotopic (exact) mass is 1010 g/mol. The Bertz CT molecular complexity index is 1700. The van der Waals surface area contributed by atoms with Crippen LogP contribution in [-0.2, 0) is 33.3 Å². The summed E-state index contributed by atoms with van der Waals surface area (Å²) in [7, 11) is 5.93. The molecule has 0 aromatic heterocycles. The molecule has 0 saturated heterocycles.